The molecule has 1 unspecified atom stereocenters. The second-order valence-electron chi connectivity index (χ2n) is 3.50. The van der Waals surface area contributed by atoms with Gasteiger partial charge in [0.2, 0.25) is 0 Å². The van der Waals surface area contributed by atoms with Gasteiger partial charge in [0.05, 0.1) is 0 Å². The number of aliphatic hydroxyl groups excluding tert-OH is 1. The lowest BCUT2D eigenvalue weighted by atomic mass is 10.1. The van der Waals surface area contributed by atoms with Gasteiger partial charge < -0.3 is 14.7 Å². The lowest BCUT2D eigenvalue weighted by Gasteiger charge is -2.06. The molecule has 15 heavy (non-hydrogen) atoms. The normalized spacial score (nSPS) is 13.5. The standard InChI is InChI=1S/C11H17NO3/c1-2-3-4-5-10(13)11-7-6-9(15-11)8-12-14/h6-8,10,13-14H,2-5H2,1H3/b12-8-. The molecule has 0 aliphatic carbocycles. The van der Waals surface area contributed by atoms with E-state index in [-0.39, 0.29) is 0 Å². The van der Waals surface area contributed by atoms with Gasteiger partial charge >= 0.3 is 0 Å². The number of oxime groups is 1. The van der Waals surface area contributed by atoms with Crippen LogP contribution in [0.1, 0.15) is 50.2 Å². The van der Waals surface area contributed by atoms with Crippen molar-refractivity contribution in [2.75, 3.05) is 0 Å². The minimum absolute atomic E-state index is 0.446. The number of nitrogens with zero attached hydrogens (tertiary/aromatic N) is 1. The zero-order valence-electron chi connectivity index (χ0n) is 8.89. The Hall–Kier alpha value is -1.29. The van der Waals surface area contributed by atoms with Crippen molar-refractivity contribution < 1.29 is 14.7 Å². The molecule has 84 valence electrons. The number of hydrogen-bond acceptors (Lipinski definition) is 4. The molecule has 0 radical (unpaired) electrons. The van der Waals surface area contributed by atoms with Gasteiger partial charge in [0.25, 0.3) is 0 Å². The topological polar surface area (TPSA) is 66.0 Å². The Kier molecular flexibility index (Phi) is 4.90. The molecule has 0 aliphatic heterocycles. The van der Waals surface area contributed by atoms with Gasteiger partial charge in [-0.2, -0.15) is 0 Å². The van der Waals surface area contributed by atoms with Crippen molar-refractivity contribution in [3.63, 3.8) is 0 Å². The van der Waals surface area contributed by atoms with Crippen molar-refractivity contribution in [1.29, 1.82) is 0 Å². The summed E-state index contributed by atoms with van der Waals surface area (Å²) >= 11 is 0. The summed E-state index contributed by atoms with van der Waals surface area (Å²) in [5, 5.41) is 20.9. The van der Waals surface area contributed by atoms with Crippen LogP contribution in [0.4, 0.5) is 0 Å². The highest BCUT2D eigenvalue weighted by molar-refractivity contribution is 5.75. The van der Waals surface area contributed by atoms with Crippen molar-refractivity contribution in [2.45, 2.75) is 38.7 Å². The second kappa shape index (κ2) is 6.24. The number of furan rings is 1. The van der Waals surface area contributed by atoms with Gasteiger partial charge in [-0.25, -0.2) is 0 Å². The number of rotatable bonds is 6. The fraction of sp³-hybridized carbons (Fsp3) is 0.545. The summed E-state index contributed by atoms with van der Waals surface area (Å²) in [5.74, 6) is 0.975. The molecule has 0 spiro atoms. The Balaban J connectivity index is 2.46. The fourth-order valence-electron chi connectivity index (χ4n) is 1.40. The summed E-state index contributed by atoms with van der Waals surface area (Å²) in [5.41, 5.74) is 0. The van der Waals surface area contributed by atoms with Crippen LogP contribution in [-0.2, 0) is 0 Å². The van der Waals surface area contributed by atoms with Crippen LogP contribution >= 0.6 is 0 Å². The molecule has 1 aromatic rings. The van der Waals surface area contributed by atoms with Crippen LogP contribution in [0, 0.1) is 0 Å². The van der Waals surface area contributed by atoms with Crippen molar-refractivity contribution in [3.05, 3.63) is 23.7 Å². The Bertz CT molecular complexity index is 307. The second-order valence-corrected chi connectivity index (χ2v) is 3.50. The molecule has 1 rings (SSSR count). The molecular formula is C11H17NO3. The molecule has 0 aliphatic rings. The largest absolute Gasteiger partial charge is 0.457 e. The maximum absolute atomic E-state index is 9.73. The summed E-state index contributed by atoms with van der Waals surface area (Å²) in [7, 11) is 0. The average molecular weight is 211 g/mol. The zero-order chi connectivity index (χ0) is 11.1. The first-order valence-corrected chi connectivity index (χ1v) is 5.23. The summed E-state index contributed by atoms with van der Waals surface area (Å²) in [6.45, 7) is 2.12. The van der Waals surface area contributed by atoms with E-state index in [4.69, 9.17) is 9.62 Å². The van der Waals surface area contributed by atoms with E-state index in [2.05, 4.69) is 12.1 Å². The van der Waals surface area contributed by atoms with Gasteiger partial charge in [-0.05, 0) is 18.6 Å². The average Bonchev–Trinajstić information content (AvgIpc) is 2.67. The van der Waals surface area contributed by atoms with E-state index in [0.717, 1.165) is 19.3 Å². The van der Waals surface area contributed by atoms with Gasteiger partial charge in [0.15, 0.2) is 0 Å². The van der Waals surface area contributed by atoms with Gasteiger partial charge in [0, 0.05) is 0 Å². The monoisotopic (exact) mass is 211 g/mol. The molecule has 1 aromatic heterocycles. The van der Waals surface area contributed by atoms with E-state index >= 15 is 0 Å². The third-order valence-corrected chi connectivity index (χ3v) is 2.24. The van der Waals surface area contributed by atoms with Crippen LogP contribution < -0.4 is 0 Å². The summed E-state index contributed by atoms with van der Waals surface area (Å²) in [6.07, 6.45) is 4.58. The summed E-state index contributed by atoms with van der Waals surface area (Å²) < 4.78 is 5.26. The maximum atomic E-state index is 9.73. The minimum atomic E-state index is -0.558. The molecule has 0 fully saturated rings. The van der Waals surface area contributed by atoms with Crippen LogP contribution in [0.25, 0.3) is 0 Å². The first-order valence-electron chi connectivity index (χ1n) is 5.23. The SMILES string of the molecule is CCCCCC(O)c1ccc(/C=N\O)o1. The highest BCUT2D eigenvalue weighted by Gasteiger charge is 2.11. The lowest BCUT2D eigenvalue weighted by Crippen LogP contribution is -1.95. The van der Waals surface area contributed by atoms with E-state index in [9.17, 15) is 5.11 Å². The summed E-state index contributed by atoms with van der Waals surface area (Å²) in [4.78, 5) is 0. The smallest absolute Gasteiger partial charge is 0.148 e. The Morgan fingerprint density at radius 2 is 2.27 bits per heavy atom. The van der Waals surface area contributed by atoms with Crippen LogP contribution in [0.15, 0.2) is 21.7 Å². The molecule has 0 bridgehead atoms. The van der Waals surface area contributed by atoms with Crippen molar-refractivity contribution in [1.82, 2.24) is 0 Å². The molecule has 1 heterocycles. The molecule has 4 heteroatoms. The maximum Gasteiger partial charge on any atom is 0.148 e. The minimum Gasteiger partial charge on any atom is -0.457 e. The molecule has 0 aromatic carbocycles. The van der Waals surface area contributed by atoms with E-state index in [1.54, 1.807) is 12.1 Å². The highest BCUT2D eigenvalue weighted by atomic mass is 16.4. The highest BCUT2D eigenvalue weighted by Crippen LogP contribution is 2.21. The van der Waals surface area contributed by atoms with Crippen molar-refractivity contribution in [3.8, 4) is 0 Å². The van der Waals surface area contributed by atoms with Crippen LogP contribution in [0.5, 0.6) is 0 Å². The number of unbranched alkanes of at least 4 members (excludes halogenated alkanes) is 2. The molecule has 0 saturated carbocycles. The molecular weight excluding hydrogens is 194 g/mol. The van der Waals surface area contributed by atoms with Crippen LogP contribution in [-0.4, -0.2) is 16.5 Å². The molecule has 1 atom stereocenters. The number of hydrogen-bond donors (Lipinski definition) is 2. The summed E-state index contributed by atoms with van der Waals surface area (Å²) in [6, 6.07) is 3.37. The van der Waals surface area contributed by atoms with Crippen molar-refractivity contribution >= 4 is 6.21 Å². The van der Waals surface area contributed by atoms with Crippen LogP contribution in [0.3, 0.4) is 0 Å². The lowest BCUT2D eigenvalue weighted by molar-refractivity contribution is 0.136. The van der Waals surface area contributed by atoms with Crippen molar-refractivity contribution in [2.24, 2.45) is 5.16 Å². The first kappa shape index (κ1) is 11.8. The first-order chi connectivity index (χ1) is 7.27. The molecule has 4 nitrogen and oxygen atoms in total. The van der Waals surface area contributed by atoms with E-state index in [1.807, 2.05) is 0 Å². The predicted molar refractivity (Wildman–Crippen MR) is 57.2 cm³/mol. The Morgan fingerprint density at radius 1 is 1.47 bits per heavy atom. The van der Waals surface area contributed by atoms with E-state index in [1.165, 1.54) is 6.21 Å². The van der Waals surface area contributed by atoms with E-state index < -0.39 is 6.10 Å². The Labute approximate surface area is 89.2 Å². The third-order valence-electron chi connectivity index (χ3n) is 2.24. The third kappa shape index (κ3) is 3.75. The van der Waals surface area contributed by atoms with Crippen LogP contribution in [0.2, 0.25) is 0 Å². The van der Waals surface area contributed by atoms with Gasteiger partial charge in [-0.15, -0.1) is 0 Å². The van der Waals surface area contributed by atoms with Gasteiger partial charge in [-0.3, -0.25) is 0 Å². The molecule has 2 N–H and O–H groups in total. The number of aliphatic hydroxyl groups is 1. The fourth-order valence-corrected chi connectivity index (χ4v) is 1.40. The zero-order valence-corrected chi connectivity index (χ0v) is 8.89. The van der Waals surface area contributed by atoms with Gasteiger partial charge in [-0.1, -0.05) is 31.3 Å². The van der Waals surface area contributed by atoms with Gasteiger partial charge in [0.1, 0.15) is 23.8 Å². The predicted octanol–water partition coefficient (Wildman–Crippen LogP) is 2.70. The molecule has 0 amide bonds. The Morgan fingerprint density at radius 3 is 2.93 bits per heavy atom. The van der Waals surface area contributed by atoms with E-state index in [0.29, 0.717) is 17.9 Å². The quantitative estimate of drug-likeness (QED) is 0.329. The molecule has 0 saturated heterocycles.